The molecule has 16 nitrogen and oxygen atoms in total. The number of anilines is 2. The molecule has 3 aliphatic rings. The van der Waals surface area contributed by atoms with Crippen LogP contribution < -0.4 is 20.3 Å². The number of halogens is 2. The van der Waals surface area contributed by atoms with E-state index in [4.69, 9.17) is 32.9 Å². The lowest BCUT2D eigenvalue weighted by atomic mass is 10.0. The van der Waals surface area contributed by atoms with Crippen molar-refractivity contribution in [3.05, 3.63) is 93.9 Å². The van der Waals surface area contributed by atoms with E-state index >= 15 is 0 Å². The number of nitrogens with one attached hydrogen (secondary N) is 3. The smallest absolute Gasteiger partial charge is 0.262 e. The van der Waals surface area contributed by atoms with Gasteiger partial charge in [-0.1, -0.05) is 23.2 Å². The summed E-state index contributed by atoms with van der Waals surface area (Å²) in [4.78, 5) is 61.7. The number of hydrogen-bond acceptors (Lipinski definition) is 12. The number of H-pyrrole nitrogens is 1. The number of piperazine rings is 1. The Morgan fingerprint density at radius 2 is 1.69 bits per heavy atom. The van der Waals surface area contributed by atoms with E-state index in [9.17, 15) is 27.6 Å². The molecule has 0 radical (unpaired) electrons. The SMILES string of the molecule is C[C@@H](Oc1ccc2[nH]nc(-c3ccc(N4CCN(S(=O)(=O)CCCNc5ccc6c(c5)C(=O)N(C5CCC(=O)NC5=O)C6=O)CC4)nc3)c2c1)c1c(Cl)cncc1Cl. The monoisotopic (exact) mass is 845 g/mol. The molecule has 2 atom stereocenters. The van der Waals surface area contributed by atoms with Gasteiger partial charge in [-0.15, -0.1) is 0 Å². The maximum absolute atomic E-state index is 13.3. The van der Waals surface area contributed by atoms with Crippen molar-refractivity contribution in [1.29, 1.82) is 0 Å². The first kappa shape index (κ1) is 39.2. The number of imide groups is 2. The van der Waals surface area contributed by atoms with Gasteiger partial charge < -0.3 is 15.0 Å². The van der Waals surface area contributed by atoms with Crippen LogP contribution in [0.4, 0.5) is 11.5 Å². The number of benzene rings is 2. The summed E-state index contributed by atoms with van der Waals surface area (Å²) in [6, 6.07) is 13.1. The fraction of sp³-hybridized carbons (Fsp3) is 0.308. The summed E-state index contributed by atoms with van der Waals surface area (Å²) in [7, 11) is -3.55. The zero-order valence-corrected chi connectivity index (χ0v) is 33.4. The van der Waals surface area contributed by atoms with Crippen LogP contribution in [0.25, 0.3) is 22.2 Å². The number of ether oxygens (including phenoxy) is 1. The predicted molar refractivity (Wildman–Crippen MR) is 216 cm³/mol. The first-order valence-electron chi connectivity index (χ1n) is 18.6. The van der Waals surface area contributed by atoms with Crippen LogP contribution in [-0.4, -0.2) is 106 Å². The quantitative estimate of drug-likeness (QED) is 0.114. The van der Waals surface area contributed by atoms with E-state index in [1.807, 2.05) is 42.2 Å². The van der Waals surface area contributed by atoms with Crippen LogP contribution in [0.3, 0.4) is 0 Å². The Kier molecular flexibility index (Phi) is 10.8. The molecular formula is C39H37Cl2N9O7S. The number of fused-ring (bicyclic) bond motifs is 2. The fourth-order valence-corrected chi connectivity index (χ4v) is 9.62. The molecule has 58 heavy (non-hydrogen) atoms. The largest absolute Gasteiger partial charge is 0.486 e. The Bertz CT molecular complexity index is 2540. The standard InChI is InChI=1S/C39H37Cl2N9O7S/c1-22(35-29(40)20-42-21-30(35)41)57-25-5-7-31-28(18-25)36(47-46-31)23-3-9-33(44-19-23)48-12-14-49(15-13-48)58(55,56)16-2-11-43-24-4-6-26-27(17-24)39(54)50(38(26)53)32-8-10-34(51)45-37(32)52/h3-7,9,17-22,32,43H,2,8,10-16H2,1H3,(H,46,47)(H,45,51,52)/t22-,32?/m1/s1. The lowest BCUT2D eigenvalue weighted by molar-refractivity contribution is -0.136. The number of sulfonamides is 1. The molecule has 2 aromatic carbocycles. The van der Waals surface area contributed by atoms with E-state index in [1.165, 1.54) is 28.8 Å². The number of nitrogens with zero attached hydrogens (tertiary/aromatic N) is 6. The molecule has 2 fully saturated rings. The number of hydrogen-bond donors (Lipinski definition) is 3. The maximum Gasteiger partial charge on any atom is 0.262 e. The van der Waals surface area contributed by atoms with E-state index in [0.717, 1.165) is 27.2 Å². The van der Waals surface area contributed by atoms with Gasteiger partial charge in [0, 0.05) is 79.9 Å². The minimum atomic E-state index is -3.55. The van der Waals surface area contributed by atoms with Gasteiger partial charge in [0.15, 0.2) is 0 Å². The number of pyridine rings is 2. The molecule has 1 unspecified atom stereocenters. The highest BCUT2D eigenvalue weighted by molar-refractivity contribution is 7.89. The van der Waals surface area contributed by atoms with Gasteiger partial charge in [-0.05, 0) is 68.3 Å². The van der Waals surface area contributed by atoms with E-state index in [0.29, 0.717) is 71.9 Å². The third-order valence-corrected chi connectivity index (χ3v) is 13.0. The highest BCUT2D eigenvalue weighted by Crippen LogP contribution is 2.35. The third-order valence-electron chi connectivity index (χ3n) is 10.5. The summed E-state index contributed by atoms with van der Waals surface area (Å²) in [5.74, 6) is -1.06. The second kappa shape index (κ2) is 16.0. The van der Waals surface area contributed by atoms with Crippen molar-refractivity contribution >= 4 is 79.3 Å². The predicted octanol–water partition coefficient (Wildman–Crippen LogP) is 4.82. The zero-order valence-electron chi connectivity index (χ0n) is 31.1. The molecule has 0 spiro atoms. The average molecular weight is 847 g/mol. The lowest BCUT2D eigenvalue weighted by Crippen LogP contribution is -2.54. The minimum Gasteiger partial charge on any atom is -0.486 e. The van der Waals surface area contributed by atoms with Crippen molar-refractivity contribution in [3.63, 3.8) is 0 Å². The van der Waals surface area contributed by atoms with E-state index in [1.54, 1.807) is 12.3 Å². The summed E-state index contributed by atoms with van der Waals surface area (Å²) in [5.41, 5.74) is 3.83. The minimum absolute atomic E-state index is 0.0351. The Morgan fingerprint density at radius 3 is 2.41 bits per heavy atom. The van der Waals surface area contributed by atoms with Crippen molar-refractivity contribution in [2.24, 2.45) is 0 Å². The number of carbonyl (C=O) groups excluding carboxylic acids is 4. The normalized spacial score (nSPS) is 18.1. The number of aromatic amines is 1. The van der Waals surface area contributed by atoms with Crippen molar-refractivity contribution in [2.75, 3.05) is 48.7 Å². The number of amides is 4. The second-order valence-corrected chi connectivity index (χ2v) is 17.1. The van der Waals surface area contributed by atoms with Crippen LogP contribution in [0.15, 0.2) is 67.1 Å². The molecule has 2 saturated heterocycles. The highest BCUT2D eigenvalue weighted by atomic mass is 35.5. The van der Waals surface area contributed by atoms with Gasteiger partial charge in [-0.25, -0.2) is 13.4 Å². The van der Waals surface area contributed by atoms with Gasteiger partial charge in [0.2, 0.25) is 21.8 Å². The maximum atomic E-state index is 13.3. The van der Waals surface area contributed by atoms with Gasteiger partial charge in [-0.2, -0.15) is 9.40 Å². The molecule has 300 valence electrons. The fourth-order valence-electron chi connectivity index (χ4n) is 7.47. The van der Waals surface area contributed by atoms with Crippen LogP contribution in [-0.2, 0) is 19.6 Å². The van der Waals surface area contributed by atoms with Crippen molar-refractivity contribution in [1.82, 2.24) is 34.7 Å². The van der Waals surface area contributed by atoms with Crippen LogP contribution in [0, 0.1) is 0 Å². The van der Waals surface area contributed by atoms with Gasteiger partial charge in [0.05, 0.1) is 32.4 Å². The van der Waals surface area contributed by atoms with Crippen LogP contribution in [0.5, 0.6) is 5.75 Å². The van der Waals surface area contributed by atoms with Crippen LogP contribution in [0.1, 0.15) is 58.6 Å². The summed E-state index contributed by atoms with van der Waals surface area (Å²) >= 11 is 12.7. The van der Waals surface area contributed by atoms with Crippen LogP contribution >= 0.6 is 23.2 Å². The Hall–Kier alpha value is -5.62. The topological polar surface area (TPSA) is 200 Å². The van der Waals surface area contributed by atoms with E-state index in [-0.39, 0.29) is 29.7 Å². The van der Waals surface area contributed by atoms with Crippen LogP contribution in [0.2, 0.25) is 10.0 Å². The Balaban J connectivity index is 0.828. The molecule has 3 aliphatic heterocycles. The Labute approximate surface area is 342 Å². The first-order valence-corrected chi connectivity index (χ1v) is 21.0. The zero-order chi connectivity index (χ0) is 40.7. The number of carbonyl (C=O) groups is 4. The summed E-state index contributed by atoms with van der Waals surface area (Å²) in [5, 5.41) is 14.6. The molecule has 0 aliphatic carbocycles. The summed E-state index contributed by atoms with van der Waals surface area (Å²) in [6.45, 7) is 3.73. The van der Waals surface area contributed by atoms with Gasteiger partial charge in [0.25, 0.3) is 11.8 Å². The molecule has 19 heteroatoms. The van der Waals surface area contributed by atoms with Gasteiger partial charge in [0.1, 0.15) is 29.4 Å². The molecule has 5 aromatic rings. The molecule has 3 aromatic heterocycles. The van der Waals surface area contributed by atoms with Crippen molar-refractivity contribution in [3.8, 4) is 17.0 Å². The van der Waals surface area contributed by atoms with Crippen molar-refractivity contribution < 1.29 is 32.3 Å². The van der Waals surface area contributed by atoms with E-state index in [2.05, 4.69) is 25.8 Å². The first-order chi connectivity index (χ1) is 27.9. The van der Waals surface area contributed by atoms with Gasteiger partial charge >= 0.3 is 0 Å². The third kappa shape index (κ3) is 7.69. The van der Waals surface area contributed by atoms with E-state index < -0.39 is 45.8 Å². The number of rotatable bonds is 12. The molecule has 6 heterocycles. The summed E-state index contributed by atoms with van der Waals surface area (Å²) < 4.78 is 34.2. The van der Waals surface area contributed by atoms with Crippen molar-refractivity contribution in [2.45, 2.75) is 38.3 Å². The molecule has 4 amide bonds. The number of aromatic nitrogens is 4. The second-order valence-electron chi connectivity index (χ2n) is 14.2. The lowest BCUT2D eigenvalue weighted by Gasteiger charge is -2.34. The summed E-state index contributed by atoms with van der Waals surface area (Å²) in [6.07, 6.45) is 4.78. The molecule has 8 rings (SSSR count). The van der Waals surface area contributed by atoms with Gasteiger partial charge in [-0.3, -0.25) is 39.5 Å². The molecule has 0 bridgehead atoms. The molecule has 0 saturated carbocycles. The number of piperidine rings is 1. The average Bonchev–Trinajstić information content (AvgIpc) is 3.73. The molecular weight excluding hydrogens is 809 g/mol. The molecule has 3 N–H and O–H groups in total. The highest BCUT2D eigenvalue weighted by Gasteiger charge is 2.44. The Morgan fingerprint density at radius 1 is 0.931 bits per heavy atom.